The van der Waals surface area contributed by atoms with Gasteiger partial charge in [0.2, 0.25) is 0 Å². The highest BCUT2D eigenvalue weighted by atomic mass is 15.1. The molecule has 0 unspecified atom stereocenters. The van der Waals surface area contributed by atoms with Gasteiger partial charge < -0.3 is 0 Å². The molecule has 0 amide bonds. The lowest BCUT2D eigenvalue weighted by Crippen LogP contribution is -1.97. The first kappa shape index (κ1) is 21.7. The zero-order valence-corrected chi connectivity index (χ0v) is 21.0. The van der Waals surface area contributed by atoms with Crippen molar-refractivity contribution in [1.29, 1.82) is 0 Å². The number of nitrogens with zero attached hydrogens (tertiary/aromatic N) is 4. The smallest absolute Gasteiger partial charge is 0.145 e. The number of fused-ring (bicyclic) bond motifs is 5. The Hall–Kier alpha value is -5.35. The zero-order valence-electron chi connectivity index (χ0n) is 21.0. The molecule has 4 nitrogen and oxygen atoms in total. The maximum Gasteiger partial charge on any atom is 0.145 e. The minimum atomic E-state index is 0.934. The normalized spacial score (nSPS) is 11.6. The van der Waals surface area contributed by atoms with Crippen LogP contribution in [0.5, 0.6) is 0 Å². The predicted octanol–water partition coefficient (Wildman–Crippen LogP) is 8.61. The SMILES string of the molecule is c1ccc(-n2c(-c3ccc4cc(-c5cnc6c(ccc7cccnc76)c5)ccc4c3)nc3ccccc32)cc1. The summed E-state index contributed by atoms with van der Waals surface area (Å²) in [5, 5.41) is 4.55. The number of aromatic nitrogens is 4. The molecule has 3 heterocycles. The Morgan fingerprint density at radius 2 is 1.18 bits per heavy atom. The first-order valence-electron chi connectivity index (χ1n) is 13.0. The van der Waals surface area contributed by atoms with Crippen LogP contribution < -0.4 is 0 Å². The molecule has 4 heteroatoms. The van der Waals surface area contributed by atoms with Crippen LogP contribution in [0.4, 0.5) is 0 Å². The summed E-state index contributed by atoms with van der Waals surface area (Å²) in [6.45, 7) is 0. The van der Waals surface area contributed by atoms with Gasteiger partial charge in [-0.1, -0.05) is 72.8 Å². The van der Waals surface area contributed by atoms with Crippen LogP contribution in [0.3, 0.4) is 0 Å². The number of hydrogen-bond acceptors (Lipinski definition) is 3. The molecule has 8 rings (SSSR count). The van der Waals surface area contributed by atoms with Crippen LogP contribution in [0.1, 0.15) is 0 Å². The third-order valence-corrected chi connectivity index (χ3v) is 7.43. The molecule has 8 aromatic rings. The highest BCUT2D eigenvalue weighted by Crippen LogP contribution is 2.33. The largest absolute Gasteiger partial charge is 0.292 e. The summed E-state index contributed by atoms with van der Waals surface area (Å²) >= 11 is 0. The molecule has 3 aromatic heterocycles. The number of benzene rings is 5. The summed E-state index contributed by atoms with van der Waals surface area (Å²) < 4.78 is 2.24. The Morgan fingerprint density at radius 1 is 0.487 bits per heavy atom. The van der Waals surface area contributed by atoms with Gasteiger partial charge in [-0.25, -0.2) is 4.98 Å². The van der Waals surface area contributed by atoms with Crippen molar-refractivity contribution < 1.29 is 0 Å². The Kier molecular flexibility index (Phi) is 4.79. The first-order chi connectivity index (χ1) is 19.3. The van der Waals surface area contributed by atoms with Gasteiger partial charge in [0.15, 0.2) is 0 Å². The first-order valence-corrected chi connectivity index (χ1v) is 13.0. The van der Waals surface area contributed by atoms with E-state index in [1.807, 2.05) is 30.6 Å². The molecule has 182 valence electrons. The molecule has 0 saturated carbocycles. The van der Waals surface area contributed by atoms with E-state index in [-0.39, 0.29) is 0 Å². The fourth-order valence-corrected chi connectivity index (χ4v) is 5.52. The van der Waals surface area contributed by atoms with Gasteiger partial charge in [-0.15, -0.1) is 0 Å². The summed E-state index contributed by atoms with van der Waals surface area (Å²) in [5.74, 6) is 0.938. The van der Waals surface area contributed by atoms with E-state index in [0.29, 0.717) is 0 Å². The molecule has 0 aliphatic rings. The average molecular weight is 499 g/mol. The van der Waals surface area contributed by atoms with Gasteiger partial charge in [0.05, 0.1) is 22.1 Å². The molecule has 0 atom stereocenters. The molecule has 0 aliphatic heterocycles. The molecule has 0 spiro atoms. The Balaban J connectivity index is 1.23. The van der Waals surface area contributed by atoms with E-state index >= 15 is 0 Å². The van der Waals surface area contributed by atoms with Crippen molar-refractivity contribution in [3.05, 3.63) is 134 Å². The van der Waals surface area contributed by atoms with E-state index < -0.39 is 0 Å². The second-order valence-corrected chi connectivity index (χ2v) is 9.81. The van der Waals surface area contributed by atoms with Crippen molar-refractivity contribution in [3.63, 3.8) is 0 Å². The van der Waals surface area contributed by atoms with E-state index in [1.54, 1.807) is 0 Å². The van der Waals surface area contributed by atoms with E-state index in [9.17, 15) is 0 Å². The van der Waals surface area contributed by atoms with Crippen LogP contribution in [0.15, 0.2) is 134 Å². The van der Waals surface area contributed by atoms with Crippen LogP contribution in [0.2, 0.25) is 0 Å². The molecular weight excluding hydrogens is 476 g/mol. The maximum absolute atomic E-state index is 5.03. The average Bonchev–Trinajstić information content (AvgIpc) is 3.40. The molecule has 0 fully saturated rings. The lowest BCUT2D eigenvalue weighted by molar-refractivity contribution is 1.10. The summed E-state index contributed by atoms with van der Waals surface area (Å²) in [6, 6.07) is 42.4. The zero-order chi connectivity index (χ0) is 25.8. The monoisotopic (exact) mass is 498 g/mol. The minimum absolute atomic E-state index is 0.934. The molecule has 5 aromatic carbocycles. The van der Waals surface area contributed by atoms with E-state index in [2.05, 4.69) is 113 Å². The van der Waals surface area contributed by atoms with Crippen molar-refractivity contribution in [2.45, 2.75) is 0 Å². The maximum atomic E-state index is 5.03. The van der Waals surface area contributed by atoms with E-state index in [4.69, 9.17) is 9.97 Å². The number of pyridine rings is 2. The van der Waals surface area contributed by atoms with Gasteiger partial charge in [0, 0.05) is 40.0 Å². The Labute approximate surface area is 224 Å². The lowest BCUT2D eigenvalue weighted by Gasteiger charge is -2.11. The van der Waals surface area contributed by atoms with Crippen LogP contribution in [-0.2, 0) is 0 Å². The standard InChI is InChI=1S/C35H22N4/c1-2-8-30(9-3-1)39-32-11-5-4-10-31(32)38-35(39)28-17-15-24-19-26(14-13-25(24)20-28)29-21-27-16-12-23-7-6-18-36-33(23)34(27)37-22-29/h1-22H. The summed E-state index contributed by atoms with van der Waals surface area (Å²) in [5.41, 5.74) is 8.37. The van der Waals surface area contributed by atoms with Crippen molar-refractivity contribution in [3.8, 4) is 28.2 Å². The second-order valence-electron chi connectivity index (χ2n) is 9.81. The Bertz CT molecular complexity index is 2180. The van der Waals surface area contributed by atoms with E-state index in [0.717, 1.165) is 61.0 Å². The number of imidazole rings is 1. The van der Waals surface area contributed by atoms with Gasteiger partial charge in [0.25, 0.3) is 0 Å². The summed E-state index contributed by atoms with van der Waals surface area (Å²) in [4.78, 5) is 14.4. The van der Waals surface area contributed by atoms with Crippen molar-refractivity contribution in [2.24, 2.45) is 0 Å². The molecule has 0 radical (unpaired) electrons. The van der Waals surface area contributed by atoms with Gasteiger partial charge in [-0.05, 0) is 64.9 Å². The highest BCUT2D eigenvalue weighted by molar-refractivity contribution is 6.03. The van der Waals surface area contributed by atoms with Crippen LogP contribution in [-0.4, -0.2) is 19.5 Å². The number of para-hydroxylation sites is 3. The molecule has 0 saturated heterocycles. The third-order valence-electron chi connectivity index (χ3n) is 7.43. The van der Waals surface area contributed by atoms with Gasteiger partial charge in [-0.2, -0.15) is 0 Å². The van der Waals surface area contributed by atoms with Gasteiger partial charge in [0.1, 0.15) is 5.82 Å². The fourth-order valence-electron chi connectivity index (χ4n) is 5.52. The molecule has 0 bridgehead atoms. The topological polar surface area (TPSA) is 43.6 Å². The van der Waals surface area contributed by atoms with Crippen LogP contribution in [0, 0.1) is 0 Å². The van der Waals surface area contributed by atoms with Gasteiger partial charge in [-0.3, -0.25) is 14.5 Å². The molecular formula is C35H22N4. The molecule has 0 N–H and O–H groups in total. The van der Waals surface area contributed by atoms with Crippen molar-refractivity contribution in [1.82, 2.24) is 19.5 Å². The van der Waals surface area contributed by atoms with Crippen LogP contribution in [0.25, 0.3) is 71.8 Å². The van der Waals surface area contributed by atoms with Crippen molar-refractivity contribution >= 4 is 43.6 Å². The van der Waals surface area contributed by atoms with Gasteiger partial charge >= 0.3 is 0 Å². The third kappa shape index (κ3) is 3.57. The predicted molar refractivity (Wildman–Crippen MR) is 160 cm³/mol. The second kappa shape index (κ2) is 8.61. The fraction of sp³-hybridized carbons (Fsp3) is 0. The van der Waals surface area contributed by atoms with Crippen LogP contribution >= 0.6 is 0 Å². The quantitative estimate of drug-likeness (QED) is 0.229. The lowest BCUT2D eigenvalue weighted by atomic mass is 9.99. The summed E-state index contributed by atoms with van der Waals surface area (Å²) in [6.07, 6.45) is 3.78. The molecule has 0 aliphatic carbocycles. The van der Waals surface area contributed by atoms with Crippen molar-refractivity contribution in [2.75, 3.05) is 0 Å². The number of hydrogen-bond donors (Lipinski definition) is 0. The highest BCUT2D eigenvalue weighted by Gasteiger charge is 2.15. The minimum Gasteiger partial charge on any atom is -0.292 e. The number of rotatable bonds is 3. The van der Waals surface area contributed by atoms with E-state index in [1.165, 1.54) is 10.8 Å². The molecule has 39 heavy (non-hydrogen) atoms. The Morgan fingerprint density at radius 3 is 2.08 bits per heavy atom. The summed E-state index contributed by atoms with van der Waals surface area (Å²) in [7, 11) is 0.